The standard InChI is InChI=1S/C27H27ClN4/c1-17-9-14-23(29-18(17)2)20-10-12-21(13-11-20)24-30-25(32-26(28)31-24)22-8-6-7-19(15-22)16-27(3,4)5/h6-15H,16H2,1-5H3. The van der Waals surface area contributed by atoms with E-state index in [1.807, 2.05) is 49.4 Å². The zero-order valence-electron chi connectivity index (χ0n) is 19.1. The lowest BCUT2D eigenvalue weighted by atomic mass is 9.87. The molecule has 0 amide bonds. The zero-order chi connectivity index (χ0) is 22.9. The summed E-state index contributed by atoms with van der Waals surface area (Å²) >= 11 is 6.28. The molecule has 0 aliphatic heterocycles. The zero-order valence-corrected chi connectivity index (χ0v) is 19.9. The second kappa shape index (κ2) is 8.79. The monoisotopic (exact) mass is 442 g/mol. The summed E-state index contributed by atoms with van der Waals surface area (Å²) in [6.07, 6.45) is 0.973. The third-order valence-electron chi connectivity index (χ3n) is 5.32. The molecule has 0 aliphatic rings. The Hall–Kier alpha value is -3.11. The first kappa shape index (κ1) is 22.1. The Bertz CT molecular complexity index is 1260. The van der Waals surface area contributed by atoms with Crippen LogP contribution < -0.4 is 0 Å². The molecule has 32 heavy (non-hydrogen) atoms. The van der Waals surface area contributed by atoms with Gasteiger partial charge in [0.05, 0.1) is 5.69 Å². The van der Waals surface area contributed by atoms with Crippen molar-refractivity contribution in [3.05, 3.63) is 82.8 Å². The van der Waals surface area contributed by atoms with E-state index in [-0.39, 0.29) is 10.7 Å². The number of hydrogen-bond donors (Lipinski definition) is 0. The molecule has 162 valence electrons. The van der Waals surface area contributed by atoms with Gasteiger partial charge in [-0.3, -0.25) is 4.98 Å². The summed E-state index contributed by atoms with van der Waals surface area (Å²) in [4.78, 5) is 18.2. The van der Waals surface area contributed by atoms with Crippen molar-refractivity contribution in [3.8, 4) is 34.0 Å². The number of benzene rings is 2. The molecule has 2 aromatic carbocycles. The molecule has 4 nitrogen and oxygen atoms in total. The predicted molar refractivity (Wildman–Crippen MR) is 132 cm³/mol. The summed E-state index contributed by atoms with van der Waals surface area (Å²) in [5.74, 6) is 1.14. The lowest BCUT2D eigenvalue weighted by Gasteiger charge is -2.18. The summed E-state index contributed by atoms with van der Waals surface area (Å²) in [5.41, 5.74) is 7.49. The predicted octanol–water partition coefficient (Wildman–Crippen LogP) is 7.13. The number of nitrogens with zero attached hydrogens (tertiary/aromatic N) is 4. The lowest BCUT2D eigenvalue weighted by molar-refractivity contribution is 0.411. The molecule has 5 heteroatoms. The number of rotatable bonds is 4. The number of pyridine rings is 1. The van der Waals surface area contributed by atoms with Crippen LogP contribution in [0.15, 0.2) is 60.7 Å². The lowest BCUT2D eigenvalue weighted by Crippen LogP contribution is -2.09. The van der Waals surface area contributed by atoms with Crippen LogP contribution in [-0.4, -0.2) is 19.9 Å². The van der Waals surface area contributed by atoms with Gasteiger partial charge in [0, 0.05) is 22.4 Å². The Labute approximate surface area is 194 Å². The third kappa shape index (κ3) is 5.20. The van der Waals surface area contributed by atoms with Gasteiger partial charge < -0.3 is 0 Å². The highest BCUT2D eigenvalue weighted by Crippen LogP contribution is 2.27. The van der Waals surface area contributed by atoms with Crippen molar-refractivity contribution in [3.63, 3.8) is 0 Å². The maximum Gasteiger partial charge on any atom is 0.226 e. The van der Waals surface area contributed by atoms with Crippen LogP contribution in [0.25, 0.3) is 34.0 Å². The maximum atomic E-state index is 6.28. The van der Waals surface area contributed by atoms with Crippen LogP contribution in [0.4, 0.5) is 0 Å². The van der Waals surface area contributed by atoms with E-state index < -0.39 is 0 Å². The van der Waals surface area contributed by atoms with Gasteiger partial charge >= 0.3 is 0 Å². The molecule has 0 unspecified atom stereocenters. The van der Waals surface area contributed by atoms with Crippen molar-refractivity contribution in [1.82, 2.24) is 19.9 Å². The van der Waals surface area contributed by atoms with Gasteiger partial charge in [-0.15, -0.1) is 0 Å². The van der Waals surface area contributed by atoms with Gasteiger partial charge in [-0.05, 0) is 60.5 Å². The molecule has 0 spiro atoms. The summed E-state index contributed by atoms with van der Waals surface area (Å²) < 4.78 is 0. The highest BCUT2D eigenvalue weighted by molar-refractivity contribution is 6.28. The normalized spacial score (nSPS) is 11.6. The molecule has 0 atom stereocenters. The van der Waals surface area contributed by atoms with E-state index >= 15 is 0 Å². The maximum absolute atomic E-state index is 6.28. The molecular formula is C27H27ClN4. The Morgan fingerprint density at radius 2 is 1.38 bits per heavy atom. The van der Waals surface area contributed by atoms with Crippen LogP contribution in [-0.2, 0) is 6.42 Å². The van der Waals surface area contributed by atoms with E-state index in [1.165, 1.54) is 11.1 Å². The van der Waals surface area contributed by atoms with Crippen molar-refractivity contribution in [1.29, 1.82) is 0 Å². The van der Waals surface area contributed by atoms with Crippen molar-refractivity contribution >= 4 is 11.6 Å². The van der Waals surface area contributed by atoms with Gasteiger partial charge in [0.15, 0.2) is 11.6 Å². The van der Waals surface area contributed by atoms with E-state index in [1.54, 1.807) is 0 Å². The Kier molecular flexibility index (Phi) is 6.07. The molecule has 0 fully saturated rings. The molecule has 0 saturated heterocycles. The van der Waals surface area contributed by atoms with Gasteiger partial charge in [-0.25, -0.2) is 4.98 Å². The van der Waals surface area contributed by atoms with Crippen LogP contribution in [0.1, 0.15) is 37.6 Å². The number of hydrogen-bond acceptors (Lipinski definition) is 4. The Morgan fingerprint density at radius 3 is 2.03 bits per heavy atom. The van der Waals surface area contributed by atoms with Gasteiger partial charge in [0.1, 0.15) is 0 Å². The molecule has 0 radical (unpaired) electrons. The summed E-state index contributed by atoms with van der Waals surface area (Å²) in [6, 6.07) is 20.5. The summed E-state index contributed by atoms with van der Waals surface area (Å²) in [6.45, 7) is 10.8. The molecule has 0 aliphatic carbocycles. The minimum absolute atomic E-state index is 0.186. The minimum atomic E-state index is 0.186. The van der Waals surface area contributed by atoms with Crippen molar-refractivity contribution in [2.75, 3.05) is 0 Å². The van der Waals surface area contributed by atoms with E-state index in [2.05, 4.69) is 60.8 Å². The molecule has 0 N–H and O–H groups in total. The Morgan fingerprint density at radius 1 is 0.719 bits per heavy atom. The molecule has 0 saturated carbocycles. The van der Waals surface area contributed by atoms with Crippen molar-refractivity contribution < 1.29 is 0 Å². The number of aryl methyl sites for hydroxylation is 2. The number of halogens is 1. The van der Waals surface area contributed by atoms with Crippen molar-refractivity contribution in [2.45, 2.75) is 41.0 Å². The van der Waals surface area contributed by atoms with E-state index in [9.17, 15) is 0 Å². The largest absolute Gasteiger partial charge is 0.253 e. The van der Waals surface area contributed by atoms with Crippen LogP contribution in [0.2, 0.25) is 5.28 Å². The van der Waals surface area contributed by atoms with Crippen LogP contribution in [0, 0.1) is 19.3 Å². The first-order valence-electron chi connectivity index (χ1n) is 10.7. The van der Waals surface area contributed by atoms with Gasteiger partial charge in [0.25, 0.3) is 0 Å². The highest BCUT2D eigenvalue weighted by Gasteiger charge is 2.14. The average molecular weight is 443 g/mol. The fourth-order valence-corrected chi connectivity index (χ4v) is 3.78. The quantitative estimate of drug-likeness (QED) is 0.337. The van der Waals surface area contributed by atoms with E-state index in [4.69, 9.17) is 16.6 Å². The number of aromatic nitrogens is 4. The van der Waals surface area contributed by atoms with E-state index in [0.717, 1.165) is 34.5 Å². The first-order valence-corrected chi connectivity index (χ1v) is 11.1. The summed E-state index contributed by atoms with van der Waals surface area (Å²) in [7, 11) is 0. The molecular weight excluding hydrogens is 416 g/mol. The first-order chi connectivity index (χ1) is 15.2. The van der Waals surface area contributed by atoms with Crippen molar-refractivity contribution in [2.24, 2.45) is 5.41 Å². The van der Waals surface area contributed by atoms with Gasteiger partial charge in [0.2, 0.25) is 5.28 Å². The van der Waals surface area contributed by atoms with Crippen LogP contribution in [0.5, 0.6) is 0 Å². The second-order valence-electron chi connectivity index (χ2n) is 9.37. The SMILES string of the molecule is Cc1ccc(-c2ccc(-c3nc(Cl)nc(-c4cccc(CC(C)(C)C)c4)n3)cc2)nc1C. The molecule has 2 aromatic heterocycles. The topological polar surface area (TPSA) is 51.6 Å². The Balaban J connectivity index is 1.66. The van der Waals surface area contributed by atoms with Gasteiger partial charge in [-0.2, -0.15) is 9.97 Å². The molecule has 0 bridgehead atoms. The minimum Gasteiger partial charge on any atom is -0.253 e. The molecule has 4 rings (SSSR count). The highest BCUT2D eigenvalue weighted by atomic mass is 35.5. The fraction of sp³-hybridized carbons (Fsp3) is 0.259. The van der Waals surface area contributed by atoms with Gasteiger partial charge in [-0.1, -0.05) is 69.3 Å². The third-order valence-corrected chi connectivity index (χ3v) is 5.49. The van der Waals surface area contributed by atoms with Crippen LogP contribution >= 0.6 is 11.6 Å². The average Bonchev–Trinajstić information content (AvgIpc) is 2.74. The smallest absolute Gasteiger partial charge is 0.226 e. The molecule has 2 heterocycles. The fourth-order valence-electron chi connectivity index (χ4n) is 3.62. The van der Waals surface area contributed by atoms with E-state index in [0.29, 0.717) is 11.6 Å². The molecule has 4 aromatic rings. The van der Waals surface area contributed by atoms with Crippen LogP contribution in [0.3, 0.4) is 0 Å². The summed E-state index contributed by atoms with van der Waals surface area (Å²) in [5, 5.41) is 0.186. The second-order valence-corrected chi connectivity index (χ2v) is 9.70.